The van der Waals surface area contributed by atoms with E-state index in [1.54, 1.807) is 6.92 Å². The highest BCUT2D eigenvalue weighted by molar-refractivity contribution is 5.67. The van der Waals surface area contributed by atoms with Crippen molar-refractivity contribution >= 4 is 5.97 Å². The van der Waals surface area contributed by atoms with E-state index in [4.69, 9.17) is 4.74 Å². The molecule has 0 heterocycles. The normalized spacial score (nSPS) is 23.9. The minimum absolute atomic E-state index is 0.115. The van der Waals surface area contributed by atoms with E-state index in [1.165, 1.54) is 64.2 Å². The van der Waals surface area contributed by atoms with Gasteiger partial charge in [-0.15, -0.1) is 0 Å². The molecule has 2 aliphatic carbocycles. The molecule has 2 nitrogen and oxygen atoms in total. The second-order valence-corrected chi connectivity index (χ2v) is 5.67. The van der Waals surface area contributed by atoms with Gasteiger partial charge in [0.2, 0.25) is 0 Å². The molecule has 97 valence electrons. The average Bonchev–Trinajstić information content (AvgIpc) is 2.38. The van der Waals surface area contributed by atoms with Crippen molar-refractivity contribution in [2.45, 2.75) is 71.1 Å². The molecule has 0 unspecified atom stereocenters. The first-order valence-electron chi connectivity index (χ1n) is 7.32. The smallest absolute Gasteiger partial charge is 0.303 e. The van der Waals surface area contributed by atoms with Gasteiger partial charge in [-0.25, -0.2) is 0 Å². The fraction of sp³-hybridized carbons (Fsp3) is 0.867. The Bertz CT molecular complexity index is 219. The van der Waals surface area contributed by atoms with Gasteiger partial charge < -0.3 is 4.74 Å². The molecule has 0 spiro atoms. The van der Waals surface area contributed by atoms with Gasteiger partial charge in [0.1, 0.15) is 0 Å². The Labute approximate surface area is 105 Å². The summed E-state index contributed by atoms with van der Waals surface area (Å²) in [7, 11) is 0. The molecule has 0 aromatic heterocycles. The fourth-order valence-electron chi connectivity index (χ4n) is 3.44. The van der Waals surface area contributed by atoms with Gasteiger partial charge in [-0.2, -0.15) is 0 Å². The third-order valence-corrected chi connectivity index (χ3v) is 4.28. The van der Waals surface area contributed by atoms with Crippen LogP contribution in [0.4, 0.5) is 0 Å². The Balaban J connectivity index is 1.97. The molecule has 2 rings (SSSR count). The number of carbonyl (C=O) groups is 1. The van der Waals surface area contributed by atoms with Gasteiger partial charge in [-0.1, -0.05) is 38.5 Å². The Kier molecular flexibility index (Phi) is 4.87. The first-order valence-corrected chi connectivity index (χ1v) is 7.32. The van der Waals surface area contributed by atoms with Gasteiger partial charge in [-0.3, -0.25) is 4.79 Å². The maximum Gasteiger partial charge on any atom is 0.303 e. The number of carbonyl (C=O) groups excluding carboxylic acids is 1. The molecule has 2 fully saturated rings. The number of hydrogen-bond donors (Lipinski definition) is 0. The van der Waals surface area contributed by atoms with Crippen molar-refractivity contribution in [2.24, 2.45) is 11.8 Å². The van der Waals surface area contributed by atoms with E-state index in [9.17, 15) is 4.79 Å². The third kappa shape index (κ3) is 3.72. The van der Waals surface area contributed by atoms with Crippen LogP contribution in [0.25, 0.3) is 0 Å². The molecule has 0 aromatic carbocycles. The van der Waals surface area contributed by atoms with Gasteiger partial charge in [0.25, 0.3) is 0 Å². The number of ether oxygens (including phenoxy) is 1. The number of hydrogen-bond acceptors (Lipinski definition) is 2. The summed E-state index contributed by atoms with van der Waals surface area (Å²) in [6, 6.07) is 0. The monoisotopic (exact) mass is 237 g/mol. The van der Waals surface area contributed by atoms with E-state index in [2.05, 4.69) is 0 Å². The zero-order valence-electron chi connectivity index (χ0n) is 11.0. The van der Waals surface area contributed by atoms with E-state index in [1.807, 2.05) is 0 Å². The van der Waals surface area contributed by atoms with Gasteiger partial charge in [-0.05, 0) is 25.7 Å². The van der Waals surface area contributed by atoms with Gasteiger partial charge >= 0.3 is 5.97 Å². The van der Waals surface area contributed by atoms with Crippen LogP contribution < -0.4 is 0 Å². The molecule has 0 aromatic rings. The average molecular weight is 237 g/mol. The molecule has 0 atom stereocenters. The lowest BCUT2D eigenvalue weighted by atomic mass is 9.75. The molecular weight excluding hydrogens is 212 g/mol. The van der Waals surface area contributed by atoms with Gasteiger partial charge in [0.15, 0.2) is 6.10 Å². The molecule has 2 heteroatoms. The maximum absolute atomic E-state index is 11.3. The lowest BCUT2D eigenvalue weighted by Gasteiger charge is -2.35. The second-order valence-electron chi connectivity index (χ2n) is 5.67. The van der Waals surface area contributed by atoms with E-state index in [0.29, 0.717) is 11.8 Å². The summed E-state index contributed by atoms with van der Waals surface area (Å²) in [5, 5.41) is 0. The standard InChI is InChI=1S/C15H25O2/c1-12(16)17-15(13-8-4-2-5-9-13)14-10-6-3-7-11-14/h13-14H,2-11H2,1H3. The second kappa shape index (κ2) is 6.42. The van der Waals surface area contributed by atoms with E-state index >= 15 is 0 Å². The van der Waals surface area contributed by atoms with Crippen molar-refractivity contribution in [2.75, 3.05) is 0 Å². The van der Waals surface area contributed by atoms with Crippen LogP contribution in [-0.2, 0) is 9.53 Å². The molecule has 0 saturated heterocycles. The molecule has 0 bridgehead atoms. The Morgan fingerprint density at radius 2 is 1.24 bits per heavy atom. The van der Waals surface area contributed by atoms with Gasteiger partial charge in [0, 0.05) is 18.8 Å². The van der Waals surface area contributed by atoms with Crippen LogP contribution in [-0.4, -0.2) is 5.97 Å². The zero-order chi connectivity index (χ0) is 12.1. The van der Waals surface area contributed by atoms with Crippen LogP contribution >= 0.6 is 0 Å². The van der Waals surface area contributed by atoms with Crippen molar-refractivity contribution in [3.8, 4) is 0 Å². The Morgan fingerprint density at radius 1 is 0.824 bits per heavy atom. The SMILES string of the molecule is CC(=O)O[C](C1CCCCC1)C1CCCCC1. The Hall–Kier alpha value is -0.530. The summed E-state index contributed by atoms with van der Waals surface area (Å²) in [5.41, 5.74) is 0. The van der Waals surface area contributed by atoms with Crippen LogP contribution in [0.2, 0.25) is 0 Å². The topological polar surface area (TPSA) is 26.3 Å². The lowest BCUT2D eigenvalue weighted by molar-refractivity contribution is -0.144. The summed E-state index contributed by atoms with van der Waals surface area (Å²) in [4.78, 5) is 11.3. The number of esters is 1. The van der Waals surface area contributed by atoms with Crippen LogP contribution in [0, 0.1) is 17.9 Å². The highest BCUT2D eigenvalue weighted by Gasteiger charge is 2.34. The lowest BCUT2D eigenvalue weighted by Crippen LogP contribution is -2.29. The highest BCUT2D eigenvalue weighted by atomic mass is 16.5. The Morgan fingerprint density at radius 3 is 1.59 bits per heavy atom. The quantitative estimate of drug-likeness (QED) is 0.686. The molecule has 2 aliphatic rings. The summed E-state index contributed by atoms with van der Waals surface area (Å²) >= 11 is 0. The van der Waals surface area contributed by atoms with Gasteiger partial charge in [0.05, 0.1) is 0 Å². The molecule has 0 aliphatic heterocycles. The number of rotatable bonds is 3. The summed E-state index contributed by atoms with van der Waals surface area (Å²) < 4.78 is 5.61. The molecule has 0 N–H and O–H groups in total. The predicted molar refractivity (Wildman–Crippen MR) is 68.2 cm³/mol. The van der Waals surface area contributed by atoms with Crippen LogP contribution in [0.5, 0.6) is 0 Å². The largest absolute Gasteiger partial charge is 0.454 e. The first-order chi connectivity index (χ1) is 8.27. The van der Waals surface area contributed by atoms with Crippen molar-refractivity contribution in [1.82, 2.24) is 0 Å². The van der Waals surface area contributed by atoms with Crippen molar-refractivity contribution in [1.29, 1.82) is 0 Å². The molecule has 1 radical (unpaired) electrons. The van der Waals surface area contributed by atoms with Crippen LogP contribution in [0.1, 0.15) is 71.1 Å². The molecule has 2 saturated carbocycles. The summed E-state index contributed by atoms with van der Waals surface area (Å²) in [5.74, 6) is 1.02. The van der Waals surface area contributed by atoms with E-state index in [-0.39, 0.29) is 5.97 Å². The molecular formula is C15H25O2. The maximum atomic E-state index is 11.3. The van der Waals surface area contributed by atoms with Crippen LogP contribution in [0.15, 0.2) is 0 Å². The minimum atomic E-state index is -0.115. The summed E-state index contributed by atoms with van der Waals surface area (Å²) in [6.45, 7) is 1.55. The van der Waals surface area contributed by atoms with Crippen molar-refractivity contribution < 1.29 is 9.53 Å². The van der Waals surface area contributed by atoms with Crippen LogP contribution in [0.3, 0.4) is 0 Å². The third-order valence-electron chi connectivity index (χ3n) is 4.28. The van der Waals surface area contributed by atoms with E-state index < -0.39 is 0 Å². The van der Waals surface area contributed by atoms with E-state index in [0.717, 1.165) is 6.10 Å². The minimum Gasteiger partial charge on any atom is -0.454 e. The summed E-state index contributed by atoms with van der Waals surface area (Å²) in [6.07, 6.45) is 14.0. The predicted octanol–water partition coefficient (Wildman–Crippen LogP) is 4.24. The molecule has 0 amide bonds. The molecule has 17 heavy (non-hydrogen) atoms. The van der Waals surface area contributed by atoms with Crippen molar-refractivity contribution in [3.63, 3.8) is 0 Å². The van der Waals surface area contributed by atoms with Crippen molar-refractivity contribution in [3.05, 3.63) is 6.10 Å². The zero-order valence-corrected chi connectivity index (χ0v) is 11.0. The first kappa shape index (κ1) is 12.9. The highest BCUT2D eigenvalue weighted by Crippen LogP contribution is 2.41. The fourth-order valence-corrected chi connectivity index (χ4v) is 3.44.